The van der Waals surface area contributed by atoms with Crippen molar-refractivity contribution in [3.05, 3.63) is 0 Å². The first-order valence-electron chi connectivity index (χ1n) is 6.61. The van der Waals surface area contributed by atoms with Crippen LogP contribution in [0.3, 0.4) is 0 Å². The minimum atomic E-state index is 0.157. The van der Waals surface area contributed by atoms with Crippen molar-refractivity contribution in [3.8, 4) is 0 Å². The van der Waals surface area contributed by atoms with E-state index in [1.54, 1.807) is 7.11 Å². The first kappa shape index (κ1) is 16.8. The number of rotatable bonds is 13. The average molecular weight is 248 g/mol. The molecule has 0 saturated heterocycles. The van der Waals surface area contributed by atoms with Gasteiger partial charge in [0.1, 0.15) is 0 Å². The average Bonchev–Trinajstić information content (AvgIpc) is 2.35. The highest BCUT2D eigenvalue weighted by atomic mass is 16.5. The van der Waals surface area contributed by atoms with E-state index in [1.165, 1.54) is 0 Å². The van der Waals surface area contributed by atoms with Gasteiger partial charge in [0.2, 0.25) is 0 Å². The topological polar surface area (TPSA) is 36.9 Å². The molecule has 4 heteroatoms. The van der Waals surface area contributed by atoms with Crippen molar-refractivity contribution in [3.63, 3.8) is 0 Å². The highest BCUT2D eigenvalue weighted by Crippen LogP contribution is 2.02. The molecule has 0 rings (SSSR count). The molecule has 0 aromatic heterocycles. The number of hydrogen-bond acceptors (Lipinski definition) is 4. The largest absolute Gasteiger partial charge is 0.382 e. The zero-order valence-corrected chi connectivity index (χ0v) is 11.6. The van der Waals surface area contributed by atoms with Gasteiger partial charge >= 0.3 is 0 Å². The van der Waals surface area contributed by atoms with Gasteiger partial charge in [-0.2, -0.15) is 0 Å². The van der Waals surface area contributed by atoms with Gasteiger partial charge in [0.25, 0.3) is 0 Å². The van der Waals surface area contributed by atoms with Crippen LogP contribution in [-0.2, 0) is 18.9 Å². The molecular weight excluding hydrogens is 220 g/mol. The molecule has 0 aromatic rings. The summed E-state index contributed by atoms with van der Waals surface area (Å²) in [5.74, 6) is 0. The Labute approximate surface area is 106 Å². The minimum absolute atomic E-state index is 0.157. The Morgan fingerprint density at radius 1 is 0.941 bits per heavy atom. The quantitative estimate of drug-likeness (QED) is 0.469. The number of ether oxygens (including phenoxy) is 4. The van der Waals surface area contributed by atoms with Crippen molar-refractivity contribution in [2.24, 2.45) is 0 Å². The van der Waals surface area contributed by atoms with E-state index in [4.69, 9.17) is 18.9 Å². The maximum atomic E-state index is 5.75. The van der Waals surface area contributed by atoms with Gasteiger partial charge in [-0.1, -0.05) is 13.3 Å². The summed E-state index contributed by atoms with van der Waals surface area (Å²) in [4.78, 5) is 0. The summed E-state index contributed by atoms with van der Waals surface area (Å²) in [5, 5.41) is 0. The van der Waals surface area contributed by atoms with Crippen LogP contribution in [0, 0.1) is 0 Å². The third kappa shape index (κ3) is 12.1. The number of hydrogen-bond donors (Lipinski definition) is 0. The van der Waals surface area contributed by atoms with Crippen molar-refractivity contribution in [1.82, 2.24) is 0 Å². The second-order valence-corrected chi connectivity index (χ2v) is 3.90. The minimum Gasteiger partial charge on any atom is -0.382 e. The van der Waals surface area contributed by atoms with Crippen molar-refractivity contribution >= 4 is 0 Å². The fraction of sp³-hybridized carbons (Fsp3) is 1.00. The zero-order chi connectivity index (χ0) is 12.8. The molecule has 4 nitrogen and oxygen atoms in total. The van der Waals surface area contributed by atoms with Crippen LogP contribution in [0.1, 0.15) is 33.1 Å². The molecule has 0 N–H and O–H groups in total. The van der Waals surface area contributed by atoms with E-state index in [9.17, 15) is 0 Å². The van der Waals surface area contributed by atoms with Crippen LogP contribution >= 0.6 is 0 Å². The molecule has 0 aliphatic rings. The standard InChI is InChI=1S/C13H28O4/c1-4-6-8-17-13(12-15-5-2)7-9-16-11-10-14-3/h13H,4-12H2,1-3H3. The van der Waals surface area contributed by atoms with Gasteiger partial charge in [0.15, 0.2) is 0 Å². The van der Waals surface area contributed by atoms with Crippen molar-refractivity contribution in [2.45, 2.75) is 39.2 Å². The molecule has 0 radical (unpaired) electrons. The first-order chi connectivity index (χ1) is 8.35. The smallest absolute Gasteiger partial charge is 0.0830 e. The Kier molecular flexibility index (Phi) is 13.8. The first-order valence-corrected chi connectivity index (χ1v) is 6.61. The monoisotopic (exact) mass is 248 g/mol. The molecule has 0 saturated carbocycles. The van der Waals surface area contributed by atoms with Crippen LogP contribution in [0.25, 0.3) is 0 Å². The van der Waals surface area contributed by atoms with Crippen LogP contribution in [0.15, 0.2) is 0 Å². The number of methoxy groups -OCH3 is 1. The molecular formula is C13H28O4. The summed E-state index contributed by atoms with van der Waals surface area (Å²) in [6.45, 7) is 8.36. The van der Waals surface area contributed by atoms with Crippen LogP contribution in [0.2, 0.25) is 0 Å². The molecule has 104 valence electrons. The van der Waals surface area contributed by atoms with Crippen LogP contribution < -0.4 is 0 Å². The second-order valence-electron chi connectivity index (χ2n) is 3.90. The Hall–Kier alpha value is -0.160. The molecule has 0 fully saturated rings. The fourth-order valence-corrected chi connectivity index (χ4v) is 1.32. The van der Waals surface area contributed by atoms with Gasteiger partial charge < -0.3 is 18.9 Å². The summed E-state index contributed by atoms with van der Waals surface area (Å²) < 4.78 is 21.5. The normalized spacial score (nSPS) is 12.9. The zero-order valence-electron chi connectivity index (χ0n) is 11.6. The van der Waals surface area contributed by atoms with E-state index < -0.39 is 0 Å². The van der Waals surface area contributed by atoms with Gasteiger partial charge in [0.05, 0.1) is 25.9 Å². The fourth-order valence-electron chi connectivity index (χ4n) is 1.32. The van der Waals surface area contributed by atoms with Crippen LogP contribution in [0.4, 0.5) is 0 Å². The molecule has 1 unspecified atom stereocenters. The SMILES string of the molecule is CCCCOC(CCOCCOC)COCC. The van der Waals surface area contributed by atoms with E-state index in [0.29, 0.717) is 26.4 Å². The summed E-state index contributed by atoms with van der Waals surface area (Å²) >= 11 is 0. The van der Waals surface area contributed by atoms with Crippen molar-refractivity contribution in [1.29, 1.82) is 0 Å². The third-order valence-corrected chi connectivity index (χ3v) is 2.38. The predicted molar refractivity (Wildman–Crippen MR) is 68.5 cm³/mol. The lowest BCUT2D eigenvalue weighted by atomic mass is 10.2. The van der Waals surface area contributed by atoms with Gasteiger partial charge in [-0.25, -0.2) is 0 Å². The summed E-state index contributed by atoms with van der Waals surface area (Å²) in [6, 6.07) is 0. The highest BCUT2D eigenvalue weighted by Gasteiger charge is 2.08. The molecule has 0 heterocycles. The Bertz CT molecular complexity index is 141. The maximum Gasteiger partial charge on any atom is 0.0830 e. The second kappa shape index (κ2) is 13.9. The maximum absolute atomic E-state index is 5.75. The summed E-state index contributed by atoms with van der Waals surface area (Å²) in [5.41, 5.74) is 0. The summed E-state index contributed by atoms with van der Waals surface area (Å²) in [7, 11) is 1.68. The van der Waals surface area contributed by atoms with Gasteiger partial charge in [-0.3, -0.25) is 0 Å². The third-order valence-electron chi connectivity index (χ3n) is 2.38. The molecule has 0 aromatic carbocycles. The Morgan fingerprint density at radius 3 is 2.41 bits per heavy atom. The lowest BCUT2D eigenvalue weighted by Gasteiger charge is -2.17. The van der Waals surface area contributed by atoms with E-state index in [-0.39, 0.29) is 6.10 Å². The Morgan fingerprint density at radius 2 is 1.76 bits per heavy atom. The molecule has 0 aliphatic carbocycles. The van der Waals surface area contributed by atoms with E-state index in [2.05, 4.69) is 6.92 Å². The molecule has 1 atom stereocenters. The molecule has 17 heavy (non-hydrogen) atoms. The molecule has 0 bridgehead atoms. The van der Waals surface area contributed by atoms with Gasteiger partial charge in [-0.05, 0) is 19.8 Å². The van der Waals surface area contributed by atoms with E-state index in [1.807, 2.05) is 6.92 Å². The van der Waals surface area contributed by atoms with Crippen LogP contribution in [0.5, 0.6) is 0 Å². The van der Waals surface area contributed by atoms with E-state index >= 15 is 0 Å². The van der Waals surface area contributed by atoms with Crippen LogP contribution in [-0.4, -0.2) is 52.9 Å². The molecule has 0 aliphatic heterocycles. The van der Waals surface area contributed by atoms with E-state index in [0.717, 1.165) is 32.5 Å². The molecule has 0 amide bonds. The van der Waals surface area contributed by atoms with Gasteiger partial charge in [-0.15, -0.1) is 0 Å². The molecule has 0 spiro atoms. The lowest BCUT2D eigenvalue weighted by Crippen LogP contribution is -2.23. The van der Waals surface area contributed by atoms with Crippen molar-refractivity contribution in [2.75, 3.05) is 46.8 Å². The summed E-state index contributed by atoms with van der Waals surface area (Å²) in [6.07, 6.45) is 3.30. The Balaban J connectivity index is 3.53. The highest BCUT2D eigenvalue weighted by molar-refractivity contribution is 4.56. The number of unbranched alkanes of at least 4 members (excludes halogenated alkanes) is 1. The van der Waals surface area contributed by atoms with Crippen molar-refractivity contribution < 1.29 is 18.9 Å². The lowest BCUT2D eigenvalue weighted by molar-refractivity contribution is -0.0344. The van der Waals surface area contributed by atoms with Gasteiger partial charge in [0, 0.05) is 26.9 Å². The predicted octanol–water partition coefficient (Wildman–Crippen LogP) is 2.26.